The van der Waals surface area contributed by atoms with Crippen LogP contribution in [0.2, 0.25) is 30.1 Å². The summed E-state index contributed by atoms with van der Waals surface area (Å²) in [5.74, 6) is -0.114. The van der Waals surface area contributed by atoms with Crippen molar-refractivity contribution in [2.45, 2.75) is 0 Å². The Morgan fingerprint density at radius 1 is 0.528 bits per heavy atom. The fraction of sp³-hybridized carbons (Fsp3) is 0. The van der Waals surface area contributed by atoms with Crippen LogP contribution in [0.4, 0.5) is 4.79 Å². The molecule has 0 aromatic heterocycles. The van der Waals surface area contributed by atoms with Gasteiger partial charge in [0, 0.05) is 20.1 Å². The van der Waals surface area contributed by atoms with Gasteiger partial charge in [0.05, 0.1) is 20.1 Å². The van der Waals surface area contributed by atoms with Crippen molar-refractivity contribution in [3.63, 3.8) is 0 Å². The van der Waals surface area contributed by atoms with Gasteiger partial charge in [0.2, 0.25) is 0 Å². The van der Waals surface area contributed by atoms with Gasteiger partial charge in [-0.25, -0.2) is 4.79 Å². The average molecular weight is 731 g/mol. The second-order valence-corrected chi connectivity index (χ2v) is 11.3. The lowest BCUT2D eigenvalue weighted by atomic mass is 10.1. The summed E-state index contributed by atoms with van der Waals surface area (Å²) in [4.78, 5) is 12.7. The largest absolute Gasteiger partial charge is 0.519 e. The van der Waals surface area contributed by atoms with Crippen LogP contribution in [0.1, 0.15) is 0 Å². The molecule has 0 N–H and O–H groups in total. The Morgan fingerprint density at radius 3 is 1.19 bits per heavy atom. The fourth-order valence-electron chi connectivity index (χ4n) is 3.19. The summed E-state index contributed by atoms with van der Waals surface area (Å²) in [5, 5.41) is 0.330. The molecule has 0 saturated heterocycles. The third-order valence-electron chi connectivity index (χ3n) is 4.92. The summed E-state index contributed by atoms with van der Waals surface area (Å²) < 4.78 is 12.5. The molecular formula is C25H10Br2Cl6O3. The van der Waals surface area contributed by atoms with Crippen LogP contribution in [0.15, 0.2) is 69.6 Å². The number of halogens is 8. The van der Waals surface area contributed by atoms with E-state index in [1.807, 2.05) is 48.5 Å². The smallest absolute Gasteiger partial charge is 0.393 e. The zero-order valence-electron chi connectivity index (χ0n) is 17.5. The van der Waals surface area contributed by atoms with E-state index >= 15 is 0 Å². The van der Waals surface area contributed by atoms with Crippen LogP contribution in [-0.4, -0.2) is 6.16 Å². The minimum absolute atomic E-state index is 0.0200. The van der Waals surface area contributed by atoms with Crippen molar-refractivity contribution in [2.75, 3.05) is 0 Å². The Bertz CT molecular complexity index is 1360. The van der Waals surface area contributed by atoms with Crippen molar-refractivity contribution in [1.29, 1.82) is 0 Å². The Hall–Kier alpha value is -1.15. The van der Waals surface area contributed by atoms with Crippen LogP contribution in [0.25, 0.3) is 22.3 Å². The van der Waals surface area contributed by atoms with Gasteiger partial charge < -0.3 is 9.47 Å². The van der Waals surface area contributed by atoms with Crippen LogP contribution in [0.3, 0.4) is 0 Å². The number of carbonyl (C=O) groups excluding carboxylic acids is 1. The van der Waals surface area contributed by atoms with Gasteiger partial charge in [0.1, 0.15) is 10.0 Å². The Labute approximate surface area is 253 Å². The highest BCUT2D eigenvalue weighted by Gasteiger charge is 2.22. The third-order valence-corrected chi connectivity index (χ3v) is 8.66. The summed E-state index contributed by atoms with van der Waals surface area (Å²) in [6, 6.07) is 17.6. The number of rotatable bonds is 4. The number of hydrogen-bond acceptors (Lipinski definition) is 3. The molecule has 184 valence electrons. The van der Waals surface area contributed by atoms with Crippen LogP contribution < -0.4 is 9.47 Å². The van der Waals surface area contributed by atoms with E-state index in [9.17, 15) is 4.79 Å². The molecule has 4 aromatic rings. The van der Waals surface area contributed by atoms with Gasteiger partial charge in [-0.2, -0.15) is 0 Å². The number of hydrogen-bond donors (Lipinski definition) is 0. The fourth-order valence-corrected chi connectivity index (χ4v) is 5.10. The van der Waals surface area contributed by atoms with Gasteiger partial charge in [-0.05, 0) is 47.5 Å². The summed E-state index contributed by atoms with van der Waals surface area (Å²) in [7, 11) is 0. The first-order chi connectivity index (χ1) is 17.1. The lowest BCUT2D eigenvalue weighted by molar-refractivity contribution is 0.152. The molecule has 0 heterocycles. The van der Waals surface area contributed by atoms with E-state index in [2.05, 4.69) is 31.9 Å². The minimum Gasteiger partial charge on any atom is -0.393 e. The molecule has 0 atom stereocenters. The maximum atomic E-state index is 12.7. The zero-order chi connectivity index (χ0) is 26.1. The highest BCUT2D eigenvalue weighted by atomic mass is 79.9. The molecule has 36 heavy (non-hydrogen) atoms. The SMILES string of the molecule is O=C(Oc1cc(-c2ccc(Br)cc2)c(Cl)c(Cl)c1Cl)Oc1cc(-c2ccc(Br)cc2)c(Cl)c(Cl)c1Cl. The summed E-state index contributed by atoms with van der Waals surface area (Å²) >= 11 is 44.8. The first-order valence-corrected chi connectivity index (χ1v) is 13.7. The van der Waals surface area contributed by atoms with Gasteiger partial charge >= 0.3 is 6.16 Å². The topological polar surface area (TPSA) is 35.5 Å². The molecule has 3 nitrogen and oxygen atoms in total. The predicted octanol–water partition coefficient (Wildman–Crippen LogP) is 12.0. The van der Waals surface area contributed by atoms with E-state index in [0.717, 1.165) is 20.1 Å². The Morgan fingerprint density at radius 2 is 0.861 bits per heavy atom. The van der Waals surface area contributed by atoms with E-state index in [4.69, 9.17) is 79.1 Å². The van der Waals surface area contributed by atoms with Crippen molar-refractivity contribution < 1.29 is 14.3 Å². The Kier molecular flexibility index (Phi) is 9.07. The molecule has 0 saturated carbocycles. The normalized spacial score (nSPS) is 10.9. The van der Waals surface area contributed by atoms with E-state index in [1.165, 1.54) is 12.1 Å². The van der Waals surface area contributed by atoms with E-state index in [0.29, 0.717) is 11.1 Å². The molecule has 4 rings (SSSR count). The van der Waals surface area contributed by atoms with Crippen molar-refractivity contribution in [1.82, 2.24) is 0 Å². The third kappa shape index (κ3) is 5.95. The second-order valence-electron chi connectivity index (χ2n) is 7.20. The van der Waals surface area contributed by atoms with Crippen LogP contribution >= 0.6 is 101 Å². The van der Waals surface area contributed by atoms with Crippen LogP contribution in [0.5, 0.6) is 11.5 Å². The summed E-state index contributed by atoms with van der Waals surface area (Å²) in [6.45, 7) is 0. The molecule has 0 radical (unpaired) electrons. The van der Waals surface area contributed by atoms with Gasteiger partial charge in [0.25, 0.3) is 0 Å². The monoisotopic (exact) mass is 726 g/mol. The zero-order valence-corrected chi connectivity index (χ0v) is 25.2. The van der Waals surface area contributed by atoms with E-state index < -0.39 is 6.16 Å². The number of benzene rings is 4. The highest BCUT2D eigenvalue weighted by Crippen LogP contribution is 2.46. The molecule has 0 aliphatic heterocycles. The quantitative estimate of drug-likeness (QED) is 0.119. The minimum atomic E-state index is -1.13. The summed E-state index contributed by atoms with van der Waals surface area (Å²) in [6.07, 6.45) is -1.13. The van der Waals surface area contributed by atoms with Crippen molar-refractivity contribution in [3.05, 3.63) is 99.7 Å². The lowest BCUT2D eigenvalue weighted by Gasteiger charge is -2.15. The molecule has 0 unspecified atom stereocenters. The molecule has 0 spiro atoms. The standard InChI is InChI=1S/C25H10Br2Cl6O3/c26-13-5-1-11(2-6-13)15-9-17(21(30)23(32)19(15)28)35-25(34)36-18-10-16(20(29)24(33)22(18)31)12-3-7-14(27)8-4-12/h1-10H. The molecule has 0 fully saturated rings. The van der Waals surface area contributed by atoms with Gasteiger partial charge in [0.15, 0.2) is 11.5 Å². The van der Waals surface area contributed by atoms with Crippen molar-refractivity contribution in [2.24, 2.45) is 0 Å². The van der Waals surface area contributed by atoms with Crippen molar-refractivity contribution >= 4 is 108 Å². The second kappa shape index (κ2) is 11.7. The van der Waals surface area contributed by atoms with Gasteiger partial charge in [-0.3, -0.25) is 0 Å². The number of carbonyl (C=O) groups is 1. The Balaban J connectivity index is 1.66. The van der Waals surface area contributed by atoms with Crippen LogP contribution in [0, 0.1) is 0 Å². The molecule has 0 amide bonds. The molecule has 4 aromatic carbocycles. The number of ether oxygens (including phenoxy) is 2. The van der Waals surface area contributed by atoms with Crippen molar-refractivity contribution in [3.8, 4) is 33.8 Å². The highest BCUT2D eigenvalue weighted by molar-refractivity contribution is 9.10. The average Bonchev–Trinajstić information content (AvgIpc) is 2.86. The molecule has 0 aliphatic carbocycles. The van der Waals surface area contributed by atoms with Gasteiger partial charge in [-0.15, -0.1) is 0 Å². The predicted molar refractivity (Wildman–Crippen MR) is 156 cm³/mol. The molecule has 0 aliphatic rings. The maximum Gasteiger partial charge on any atom is 0.519 e. The molecule has 0 bridgehead atoms. The van der Waals surface area contributed by atoms with Crippen LogP contribution in [-0.2, 0) is 0 Å². The molecular weight excluding hydrogens is 721 g/mol. The van der Waals surface area contributed by atoms with E-state index in [1.54, 1.807) is 0 Å². The lowest BCUT2D eigenvalue weighted by Crippen LogP contribution is -2.14. The maximum absolute atomic E-state index is 12.7. The van der Waals surface area contributed by atoms with E-state index in [-0.39, 0.29) is 41.6 Å². The first kappa shape index (κ1) is 27.9. The molecule has 11 heteroatoms. The first-order valence-electron chi connectivity index (χ1n) is 9.83. The van der Waals surface area contributed by atoms with Gasteiger partial charge in [-0.1, -0.05) is 126 Å². The summed E-state index contributed by atoms with van der Waals surface area (Å²) in [5.41, 5.74) is 2.47.